The Morgan fingerprint density at radius 1 is 1.15 bits per heavy atom. The van der Waals surface area contributed by atoms with Crippen molar-refractivity contribution in [2.75, 3.05) is 13.1 Å². The minimum atomic E-state index is -2.60. The molecule has 0 unspecified atom stereocenters. The third kappa shape index (κ3) is 3.90. The maximum absolute atomic E-state index is 13.1. The van der Waals surface area contributed by atoms with E-state index in [0.717, 1.165) is 25.9 Å². The van der Waals surface area contributed by atoms with Gasteiger partial charge in [0, 0.05) is 18.8 Å². The second-order valence-corrected chi connectivity index (χ2v) is 6.68. The van der Waals surface area contributed by atoms with Gasteiger partial charge in [0.05, 0.1) is 5.92 Å². The predicted octanol–water partition coefficient (Wildman–Crippen LogP) is 3.13. The van der Waals surface area contributed by atoms with E-state index < -0.39 is 11.5 Å². The molecule has 2 fully saturated rings. The summed E-state index contributed by atoms with van der Waals surface area (Å²) in [6.45, 7) is 5.78. The first-order chi connectivity index (χ1) is 9.30. The number of rotatable bonds is 3. The molecule has 2 aliphatic rings. The summed E-state index contributed by atoms with van der Waals surface area (Å²) < 4.78 is 31.9. The van der Waals surface area contributed by atoms with Crippen molar-refractivity contribution in [1.29, 1.82) is 0 Å². The molecule has 0 atom stereocenters. The third-order valence-electron chi connectivity index (χ3n) is 4.74. The molecule has 1 aliphatic carbocycles. The lowest BCUT2D eigenvalue weighted by molar-refractivity contribution is -0.171. The average molecular weight is 289 g/mol. The lowest BCUT2D eigenvalue weighted by Gasteiger charge is -2.38. The van der Waals surface area contributed by atoms with E-state index in [4.69, 9.17) is 4.74 Å². The first kappa shape index (κ1) is 15.7. The van der Waals surface area contributed by atoms with Crippen LogP contribution in [0.4, 0.5) is 8.78 Å². The lowest BCUT2D eigenvalue weighted by Crippen LogP contribution is -2.44. The molecule has 0 radical (unpaired) electrons. The quantitative estimate of drug-likeness (QED) is 0.811. The molecule has 20 heavy (non-hydrogen) atoms. The summed E-state index contributed by atoms with van der Waals surface area (Å²) in [6, 6.07) is 0. The standard InChI is InChI=1S/C15H25F2NO2/c1-14(2,12-5-9-18-10-6-12)20-13(19)11-3-7-15(16,17)8-4-11/h11-12,18H,3-10H2,1-2H3. The van der Waals surface area contributed by atoms with Crippen LogP contribution in [0.2, 0.25) is 0 Å². The molecule has 0 aromatic carbocycles. The van der Waals surface area contributed by atoms with Gasteiger partial charge in [-0.25, -0.2) is 8.78 Å². The molecule has 2 rings (SSSR count). The van der Waals surface area contributed by atoms with Crippen LogP contribution in [0, 0.1) is 11.8 Å². The van der Waals surface area contributed by atoms with Crippen LogP contribution < -0.4 is 5.32 Å². The Morgan fingerprint density at radius 3 is 2.25 bits per heavy atom. The van der Waals surface area contributed by atoms with E-state index in [0.29, 0.717) is 5.92 Å². The van der Waals surface area contributed by atoms with Crippen LogP contribution in [0.15, 0.2) is 0 Å². The molecular weight excluding hydrogens is 264 g/mol. The summed E-state index contributed by atoms with van der Waals surface area (Å²) in [5, 5.41) is 3.29. The van der Waals surface area contributed by atoms with Crippen molar-refractivity contribution in [2.45, 2.75) is 63.9 Å². The van der Waals surface area contributed by atoms with Crippen molar-refractivity contribution in [3.63, 3.8) is 0 Å². The summed E-state index contributed by atoms with van der Waals surface area (Å²) in [5.74, 6) is -2.89. The van der Waals surface area contributed by atoms with Crippen molar-refractivity contribution in [2.24, 2.45) is 11.8 Å². The highest BCUT2D eigenvalue weighted by atomic mass is 19.3. The Morgan fingerprint density at radius 2 is 1.70 bits per heavy atom. The van der Waals surface area contributed by atoms with Crippen molar-refractivity contribution >= 4 is 5.97 Å². The molecule has 5 heteroatoms. The first-order valence-corrected chi connectivity index (χ1v) is 7.61. The smallest absolute Gasteiger partial charge is 0.309 e. The summed E-state index contributed by atoms with van der Waals surface area (Å²) in [6.07, 6.45) is 2.08. The fourth-order valence-electron chi connectivity index (χ4n) is 3.22. The van der Waals surface area contributed by atoms with Gasteiger partial charge in [0.15, 0.2) is 0 Å². The number of carbonyl (C=O) groups excluding carboxylic acids is 1. The van der Waals surface area contributed by atoms with Gasteiger partial charge in [-0.1, -0.05) is 0 Å². The normalized spacial score (nSPS) is 25.4. The van der Waals surface area contributed by atoms with Gasteiger partial charge in [0.2, 0.25) is 5.92 Å². The van der Waals surface area contributed by atoms with E-state index in [2.05, 4.69) is 5.32 Å². The number of hydrogen-bond donors (Lipinski definition) is 1. The van der Waals surface area contributed by atoms with E-state index in [-0.39, 0.29) is 37.6 Å². The number of halogens is 2. The molecule has 1 N–H and O–H groups in total. The number of nitrogens with one attached hydrogen (secondary N) is 1. The summed E-state index contributed by atoms with van der Waals surface area (Å²) in [7, 11) is 0. The molecule has 0 bridgehead atoms. The van der Waals surface area contributed by atoms with Gasteiger partial charge in [-0.2, -0.15) is 0 Å². The zero-order valence-corrected chi connectivity index (χ0v) is 12.4. The highest BCUT2D eigenvalue weighted by Crippen LogP contribution is 2.38. The highest BCUT2D eigenvalue weighted by molar-refractivity contribution is 5.73. The molecule has 1 saturated carbocycles. The molecule has 0 spiro atoms. The van der Waals surface area contributed by atoms with E-state index in [1.54, 1.807) is 0 Å². The molecular formula is C15H25F2NO2. The molecule has 1 heterocycles. The number of carbonyl (C=O) groups is 1. The second-order valence-electron chi connectivity index (χ2n) is 6.68. The molecule has 3 nitrogen and oxygen atoms in total. The lowest BCUT2D eigenvalue weighted by atomic mass is 9.82. The Balaban J connectivity index is 1.87. The topological polar surface area (TPSA) is 38.3 Å². The Labute approximate surface area is 119 Å². The fourth-order valence-corrected chi connectivity index (χ4v) is 3.22. The molecule has 116 valence electrons. The zero-order chi connectivity index (χ0) is 14.8. The molecule has 1 saturated heterocycles. The Bertz CT molecular complexity index is 342. The van der Waals surface area contributed by atoms with Gasteiger partial charge in [-0.05, 0) is 52.6 Å². The van der Waals surface area contributed by atoms with Gasteiger partial charge in [0.25, 0.3) is 0 Å². The van der Waals surface area contributed by atoms with Crippen LogP contribution in [-0.4, -0.2) is 30.6 Å². The summed E-state index contributed by atoms with van der Waals surface area (Å²) in [5.41, 5.74) is -0.501. The number of piperidine rings is 1. The van der Waals surface area contributed by atoms with Crippen LogP contribution in [0.1, 0.15) is 52.4 Å². The van der Waals surface area contributed by atoms with E-state index in [1.807, 2.05) is 13.8 Å². The molecule has 0 aromatic heterocycles. The third-order valence-corrected chi connectivity index (χ3v) is 4.74. The van der Waals surface area contributed by atoms with Crippen molar-refractivity contribution in [3.8, 4) is 0 Å². The second kappa shape index (κ2) is 5.96. The predicted molar refractivity (Wildman–Crippen MR) is 72.7 cm³/mol. The largest absolute Gasteiger partial charge is 0.459 e. The molecule has 1 aliphatic heterocycles. The average Bonchev–Trinajstić information content (AvgIpc) is 2.39. The minimum absolute atomic E-state index is 0.194. The molecule has 0 amide bonds. The van der Waals surface area contributed by atoms with Gasteiger partial charge < -0.3 is 10.1 Å². The monoisotopic (exact) mass is 289 g/mol. The van der Waals surface area contributed by atoms with Crippen molar-refractivity contribution in [3.05, 3.63) is 0 Å². The van der Waals surface area contributed by atoms with E-state index in [1.165, 1.54) is 0 Å². The number of ether oxygens (including phenoxy) is 1. The van der Waals surface area contributed by atoms with Crippen molar-refractivity contribution in [1.82, 2.24) is 5.32 Å². The molecule has 0 aromatic rings. The van der Waals surface area contributed by atoms with Crippen molar-refractivity contribution < 1.29 is 18.3 Å². The SMILES string of the molecule is CC(C)(OC(=O)C1CCC(F)(F)CC1)C1CCNCC1. The Hall–Kier alpha value is -0.710. The van der Waals surface area contributed by atoms with Crippen LogP contribution in [-0.2, 0) is 9.53 Å². The summed E-state index contributed by atoms with van der Waals surface area (Å²) >= 11 is 0. The zero-order valence-electron chi connectivity index (χ0n) is 12.4. The first-order valence-electron chi connectivity index (χ1n) is 7.61. The fraction of sp³-hybridized carbons (Fsp3) is 0.933. The number of alkyl halides is 2. The van der Waals surface area contributed by atoms with Gasteiger partial charge in [-0.15, -0.1) is 0 Å². The minimum Gasteiger partial charge on any atom is -0.459 e. The Kier molecular flexibility index (Phi) is 4.67. The highest BCUT2D eigenvalue weighted by Gasteiger charge is 2.41. The van der Waals surface area contributed by atoms with E-state index in [9.17, 15) is 13.6 Å². The maximum atomic E-state index is 13.1. The van der Waals surface area contributed by atoms with Crippen LogP contribution in [0.25, 0.3) is 0 Å². The number of hydrogen-bond acceptors (Lipinski definition) is 3. The summed E-state index contributed by atoms with van der Waals surface area (Å²) in [4.78, 5) is 12.2. The van der Waals surface area contributed by atoms with Gasteiger partial charge in [0.1, 0.15) is 5.60 Å². The number of esters is 1. The van der Waals surface area contributed by atoms with E-state index >= 15 is 0 Å². The van der Waals surface area contributed by atoms with Gasteiger partial charge in [-0.3, -0.25) is 4.79 Å². The van der Waals surface area contributed by atoms with Crippen LogP contribution in [0.3, 0.4) is 0 Å². The maximum Gasteiger partial charge on any atom is 0.309 e. The van der Waals surface area contributed by atoms with Crippen LogP contribution >= 0.6 is 0 Å². The van der Waals surface area contributed by atoms with Gasteiger partial charge >= 0.3 is 5.97 Å². The van der Waals surface area contributed by atoms with Crippen LogP contribution in [0.5, 0.6) is 0 Å².